The lowest BCUT2D eigenvalue weighted by atomic mass is 9.94. The van der Waals surface area contributed by atoms with E-state index in [9.17, 15) is 0 Å². The topological polar surface area (TPSA) is 0 Å². The van der Waals surface area contributed by atoms with E-state index < -0.39 is 0 Å². The van der Waals surface area contributed by atoms with Gasteiger partial charge in [0.15, 0.2) is 0 Å². The van der Waals surface area contributed by atoms with Crippen molar-refractivity contribution in [1.29, 1.82) is 0 Å². The molecular formula is C16H18S. The normalized spacial score (nSPS) is 27.8. The highest BCUT2D eigenvalue weighted by molar-refractivity contribution is 8.00. The maximum atomic E-state index is 4.04. The summed E-state index contributed by atoms with van der Waals surface area (Å²) in [6, 6.07) is 6.75. The molecule has 1 aromatic rings. The third-order valence-electron chi connectivity index (χ3n) is 3.98. The number of rotatable bonds is 1. The highest BCUT2D eigenvalue weighted by Crippen LogP contribution is 2.44. The molecule has 2 aliphatic rings. The molecule has 1 heteroatoms. The molecule has 0 saturated carbocycles. The minimum absolute atomic E-state index is 0.664. The third-order valence-corrected chi connectivity index (χ3v) is 5.44. The third kappa shape index (κ3) is 1.60. The van der Waals surface area contributed by atoms with E-state index in [-0.39, 0.29) is 0 Å². The monoisotopic (exact) mass is 242 g/mol. The Kier molecular flexibility index (Phi) is 2.87. The zero-order chi connectivity index (χ0) is 11.8. The number of benzene rings is 1. The summed E-state index contributed by atoms with van der Waals surface area (Å²) in [6.45, 7) is 6.17. The number of allylic oxidation sites excluding steroid dienone is 1. The Hall–Kier alpha value is -0.950. The van der Waals surface area contributed by atoms with E-state index in [0.717, 1.165) is 5.92 Å². The molecule has 2 atom stereocenters. The van der Waals surface area contributed by atoms with Gasteiger partial charge in [-0.05, 0) is 47.1 Å². The second-order valence-corrected chi connectivity index (χ2v) is 6.05. The zero-order valence-electron chi connectivity index (χ0n) is 10.3. The van der Waals surface area contributed by atoms with E-state index in [2.05, 4.69) is 55.6 Å². The second-order valence-electron chi connectivity index (χ2n) is 4.80. The lowest BCUT2D eigenvalue weighted by Gasteiger charge is -2.27. The van der Waals surface area contributed by atoms with Crippen LogP contribution in [0.25, 0.3) is 11.6 Å². The molecule has 0 radical (unpaired) electrons. The molecule has 1 aliphatic heterocycles. The van der Waals surface area contributed by atoms with Gasteiger partial charge in [0.05, 0.1) is 0 Å². The van der Waals surface area contributed by atoms with E-state index in [1.165, 1.54) is 34.6 Å². The summed E-state index contributed by atoms with van der Waals surface area (Å²) in [7, 11) is 0. The molecule has 1 heterocycles. The molecule has 1 aliphatic carbocycles. The highest BCUT2D eigenvalue weighted by atomic mass is 32.2. The van der Waals surface area contributed by atoms with Gasteiger partial charge >= 0.3 is 0 Å². The van der Waals surface area contributed by atoms with Crippen LogP contribution in [0.5, 0.6) is 0 Å². The Balaban J connectivity index is 2.34. The van der Waals surface area contributed by atoms with Crippen LogP contribution in [0.2, 0.25) is 0 Å². The summed E-state index contributed by atoms with van der Waals surface area (Å²) >= 11 is 2.12. The van der Waals surface area contributed by atoms with Crippen LogP contribution in [0.3, 0.4) is 0 Å². The van der Waals surface area contributed by atoms with E-state index in [1.807, 2.05) is 0 Å². The van der Waals surface area contributed by atoms with Gasteiger partial charge in [0.25, 0.3) is 0 Å². The van der Waals surface area contributed by atoms with Crippen molar-refractivity contribution in [3.63, 3.8) is 0 Å². The van der Waals surface area contributed by atoms with Crippen LogP contribution in [0.15, 0.2) is 30.9 Å². The maximum absolute atomic E-state index is 4.04. The number of hydrogen-bond acceptors (Lipinski definition) is 1. The molecular weight excluding hydrogens is 224 g/mol. The van der Waals surface area contributed by atoms with E-state index >= 15 is 0 Å². The van der Waals surface area contributed by atoms with Crippen molar-refractivity contribution in [2.24, 2.45) is 0 Å². The first-order valence-corrected chi connectivity index (χ1v) is 7.45. The number of hydrogen-bond donors (Lipinski definition) is 0. The Morgan fingerprint density at radius 3 is 3.06 bits per heavy atom. The molecule has 88 valence electrons. The molecule has 1 fully saturated rings. The van der Waals surface area contributed by atoms with Gasteiger partial charge < -0.3 is 0 Å². The van der Waals surface area contributed by atoms with E-state index in [0.29, 0.717) is 5.25 Å². The summed E-state index contributed by atoms with van der Waals surface area (Å²) in [5, 5.41) is 3.53. The van der Waals surface area contributed by atoms with Crippen LogP contribution in [0.4, 0.5) is 0 Å². The summed E-state index contributed by atoms with van der Waals surface area (Å²) in [6.07, 6.45) is 7.02. The summed E-state index contributed by atoms with van der Waals surface area (Å²) in [5.41, 5.74) is 3.04. The smallest absolute Gasteiger partial charge is 0.0372 e. The average Bonchev–Trinajstić information content (AvgIpc) is 2.72. The molecule has 1 saturated heterocycles. The summed E-state index contributed by atoms with van der Waals surface area (Å²) in [4.78, 5) is 0. The van der Waals surface area contributed by atoms with Crippen molar-refractivity contribution in [2.45, 2.75) is 30.9 Å². The van der Waals surface area contributed by atoms with Gasteiger partial charge in [-0.2, -0.15) is 11.8 Å². The average molecular weight is 242 g/mol. The maximum Gasteiger partial charge on any atom is 0.0372 e. The Bertz CT molecular complexity index is 568. The molecule has 0 amide bonds. The van der Waals surface area contributed by atoms with Crippen LogP contribution >= 0.6 is 11.8 Å². The molecule has 0 bridgehead atoms. The fourth-order valence-corrected chi connectivity index (χ4v) is 4.73. The lowest BCUT2D eigenvalue weighted by Crippen LogP contribution is -2.27. The molecule has 0 nitrogen and oxygen atoms in total. The van der Waals surface area contributed by atoms with E-state index in [4.69, 9.17) is 0 Å². The fraction of sp³-hybridized carbons (Fsp3) is 0.375. The lowest BCUT2D eigenvalue weighted by molar-refractivity contribution is 0.633. The Morgan fingerprint density at radius 1 is 1.41 bits per heavy atom. The first-order valence-electron chi connectivity index (χ1n) is 6.40. The van der Waals surface area contributed by atoms with Gasteiger partial charge in [0.1, 0.15) is 0 Å². The van der Waals surface area contributed by atoms with Gasteiger partial charge in [-0.25, -0.2) is 0 Å². The minimum atomic E-state index is 0.664. The highest BCUT2D eigenvalue weighted by Gasteiger charge is 2.34. The molecule has 0 N–H and O–H groups in total. The van der Waals surface area contributed by atoms with Crippen molar-refractivity contribution in [1.82, 2.24) is 0 Å². The van der Waals surface area contributed by atoms with Crippen LogP contribution < -0.4 is 10.4 Å². The molecule has 2 unspecified atom stereocenters. The van der Waals surface area contributed by atoms with Gasteiger partial charge in [-0.3, -0.25) is 0 Å². The molecule has 0 spiro atoms. The standard InChI is InChI=1S/C16H18S/c1-3-11-7-5-8-13-14-9-6-10-17-16(14)12(4-2)15(11)13/h3-5,7-8,14,16H,2,6,9-10H2,1H3/b11-3-. The Morgan fingerprint density at radius 2 is 2.29 bits per heavy atom. The van der Waals surface area contributed by atoms with Crippen molar-refractivity contribution < 1.29 is 0 Å². The fourth-order valence-electron chi connectivity index (χ4n) is 3.24. The molecule has 1 aromatic carbocycles. The van der Waals surface area contributed by atoms with Crippen LogP contribution in [-0.4, -0.2) is 11.0 Å². The first-order chi connectivity index (χ1) is 8.36. The van der Waals surface area contributed by atoms with Crippen LogP contribution in [0.1, 0.15) is 31.2 Å². The van der Waals surface area contributed by atoms with Gasteiger partial charge in [-0.1, -0.05) is 36.9 Å². The molecule has 3 rings (SSSR count). The van der Waals surface area contributed by atoms with Gasteiger partial charge in [0, 0.05) is 11.2 Å². The quantitative estimate of drug-likeness (QED) is 0.730. The largest absolute Gasteiger partial charge is 0.153 e. The van der Waals surface area contributed by atoms with Crippen molar-refractivity contribution in [3.8, 4) is 0 Å². The number of fused-ring (bicyclic) bond motifs is 3. The predicted molar refractivity (Wildman–Crippen MR) is 77.7 cm³/mol. The van der Waals surface area contributed by atoms with Crippen molar-refractivity contribution >= 4 is 23.4 Å². The van der Waals surface area contributed by atoms with Crippen LogP contribution in [-0.2, 0) is 0 Å². The first kappa shape index (κ1) is 11.2. The number of thioether (sulfide) groups is 1. The molecule has 17 heavy (non-hydrogen) atoms. The van der Waals surface area contributed by atoms with Gasteiger partial charge in [0.2, 0.25) is 0 Å². The summed E-state index contributed by atoms with van der Waals surface area (Å²) in [5.74, 6) is 2.04. The second kappa shape index (κ2) is 4.38. The van der Waals surface area contributed by atoms with E-state index in [1.54, 1.807) is 5.56 Å². The SMILES string of the molecule is C=CC1=c2c(ccc/c2=C/C)C2CCCSC12. The van der Waals surface area contributed by atoms with Gasteiger partial charge in [-0.15, -0.1) is 0 Å². The predicted octanol–water partition coefficient (Wildman–Crippen LogP) is 2.82. The van der Waals surface area contributed by atoms with Crippen LogP contribution in [0, 0.1) is 0 Å². The van der Waals surface area contributed by atoms with Crippen molar-refractivity contribution in [3.05, 3.63) is 46.9 Å². The van der Waals surface area contributed by atoms with Crippen molar-refractivity contribution in [2.75, 3.05) is 5.75 Å². The minimum Gasteiger partial charge on any atom is -0.153 e. The summed E-state index contributed by atoms with van der Waals surface area (Å²) < 4.78 is 0. The zero-order valence-corrected chi connectivity index (χ0v) is 11.1. The Labute approximate surface area is 107 Å². The molecule has 0 aromatic heterocycles.